The van der Waals surface area contributed by atoms with E-state index in [9.17, 15) is 9.59 Å². The van der Waals surface area contributed by atoms with Gasteiger partial charge in [0.15, 0.2) is 0 Å². The summed E-state index contributed by atoms with van der Waals surface area (Å²) in [6.45, 7) is 4.97. The number of halogens is 1. The maximum Gasteiger partial charge on any atom is 0.242 e. The average Bonchev–Trinajstić information content (AvgIpc) is 3.44. The molecule has 2 aromatic rings. The van der Waals surface area contributed by atoms with Gasteiger partial charge in [0, 0.05) is 23.8 Å². The molecular formula is C22H25ClN2O2. The van der Waals surface area contributed by atoms with Gasteiger partial charge in [-0.25, -0.2) is 0 Å². The van der Waals surface area contributed by atoms with E-state index in [2.05, 4.69) is 5.32 Å². The molecule has 5 heteroatoms. The van der Waals surface area contributed by atoms with E-state index in [0.29, 0.717) is 37.4 Å². The Bertz CT molecular complexity index is 846. The molecule has 0 saturated heterocycles. The van der Waals surface area contributed by atoms with Gasteiger partial charge in [0.05, 0.1) is 0 Å². The van der Waals surface area contributed by atoms with Crippen LogP contribution in [-0.4, -0.2) is 24.9 Å². The fourth-order valence-corrected chi connectivity index (χ4v) is 3.56. The number of amides is 2. The number of nitrogens with zero attached hydrogens (tertiary/aromatic N) is 1. The van der Waals surface area contributed by atoms with Crippen molar-refractivity contribution in [3.63, 3.8) is 0 Å². The molecule has 1 saturated carbocycles. The van der Waals surface area contributed by atoms with Crippen molar-refractivity contribution in [1.82, 2.24) is 5.32 Å². The fourth-order valence-electron chi connectivity index (χ4n) is 3.34. The number of benzene rings is 2. The Kier molecular flexibility index (Phi) is 5.85. The van der Waals surface area contributed by atoms with Crippen LogP contribution in [0.1, 0.15) is 30.9 Å². The highest BCUT2D eigenvalue weighted by atomic mass is 35.5. The van der Waals surface area contributed by atoms with Crippen LogP contribution in [0.4, 0.5) is 5.69 Å². The minimum atomic E-state index is -0.909. The van der Waals surface area contributed by atoms with Gasteiger partial charge in [0.25, 0.3) is 0 Å². The first-order chi connectivity index (χ1) is 13.0. The normalized spacial score (nSPS) is 14.5. The molecule has 0 unspecified atom stereocenters. The van der Waals surface area contributed by atoms with Crippen LogP contribution in [0.15, 0.2) is 48.5 Å². The van der Waals surface area contributed by atoms with Crippen molar-refractivity contribution in [3.8, 4) is 0 Å². The smallest absolute Gasteiger partial charge is 0.242 e. The predicted molar refractivity (Wildman–Crippen MR) is 109 cm³/mol. The Morgan fingerprint density at radius 2 is 1.89 bits per heavy atom. The lowest BCUT2D eigenvalue weighted by Gasteiger charge is -2.26. The second kappa shape index (κ2) is 8.13. The molecule has 0 aliphatic heterocycles. The van der Waals surface area contributed by atoms with Crippen LogP contribution in [-0.2, 0) is 16.0 Å². The Balaban J connectivity index is 1.64. The van der Waals surface area contributed by atoms with E-state index in [-0.39, 0.29) is 11.8 Å². The first kappa shape index (κ1) is 19.4. The number of anilines is 1. The van der Waals surface area contributed by atoms with Crippen LogP contribution in [0.25, 0.3) is 0 Å². The van der Waals surface area contributed by atoms with Gasteiger partial charge >= 0.3 is 0 Å². The van der Waals surface area contributed by atoms with Gasteiger partial charge < -0.3 is 10.2 Å². The summed E-state index contributed by atoms with van der Waals surface area (Å²) in [7, 11) is 0. The van der Waals surface area contributed by atoms with E-state index in [1.54, 1.807) is 4.90 Å². The minimum Gasteiger partial charge on any atom is -0.355 e. The maximum atomic E-state index is 13.1. The molecule has 0 spiro atoms. The molecule has 1 N–H and O–H groups in total. The summed E-state index contributed by atoms with van der Waals surface area (Å²) in [6, 6.07) is 15.4. The zero-order valence-corrected chi connectivity index (χ0v) is 16.6. The van der Waals surface area contributed by atoms with Crippen molar-refractivity contribution in [1.29, 1.82) is 0 Å². The second-order valence-electron chi connectivity index (χ2n) is 7.11. The van der Waals surface area contributed by atoms with Crippen LogP contribution in [0.2, 0.25) is 5.02 Å². The molecule has 2 aromatic carbocycles. The Labute approximate surface area is 165 Å². The zero-order valence-electron chi connectivity index (χ0n) is 15.8. The summed E-state index contributed by atoms with van der Waals surface area (Å²) in [5.74, 6) is -0.267. The summed E-state index contributed by atoms with van der Waals surface area (Å²) in [5, 5.41) is 3.63. The molecule has 2 amide bonds. The Hall–Kier alpha value is -2.33. The quantitative estimate of drug-likeness (QED) is 0.729. The molecule has 1 fully saturated rings. The molecule has 4 nitrogen and oxygen atoms in total. The third-order valence-electron chi connectivity index (χ3n) is 5.06. The maximum absolute atomic E-state index is 13.1. The first-order valence-electron chi connectivity index (χ1n) is 9.37. The Morgan fingerprint density at radius 3 is 2.52 bits per heavy atom. The van der Waals surface area contributed by atoms with Gasteiger partial charge in [-0.15, -0.1) is 0 Å². The van der Waals surface area contributed by atoms with Crippen LogP contribution in [0, 0.1) is 12.3 Å². The van der Waals surface area contributed by atoms with Gasteiger partial charge in [0.1, 0.15) is 5.41 Å². The van der Waals surface area contributed by atoms with Crippen molar-refractivity contribution in [2.24, 2.45) is 5.41 Å². The summed E-state index contributed by atoms with van der Waals surface area (Å²) in [6.07, 6.45) is 1.90. The number of hydrogen-bond acceptors (Lipinski definition) is 2. The summed E-state index contributed by atoms with van der Waals surface area (Å²) < 4.78 is 0. The number of carbonyl (C=O) groups excluding carboxylic acids is 2. The molecule has 0 bridgehead atoms. The molecule has 0 aromatic heterocycles. The van der Waals surface area contributed by atoms with Crippen molar-refractivity contribution in [2.45, 2.75) is 33.1 Å². The van der Waals surface area contributed by atoms with Gasteiger partial charge in [-0.05, 0) is 68.5 Å². The molecule has 1 aliphatic carbocycles. The molecule has 0 atom stereocenters. The van der Waals surface area contributed by atoms with Crippen molar-refractivity contribution >= 4 is 29.1 Å². The number of rotatable bonds is 7. The summed E-state index contributed by atoms with van der Waals surface area (Å²) >= 11 is 5.99. The van der Waals surface area contributed by atoms with Crippen LogP contribution in [0.5, 0.6) is 0 Å². The van der Waals surface area contributed by atoms with E-state index in [0.717, 1.165) is 16.8 Å². The summed E-state index contributed by atoms with van der Waals surface area (Å²) in [5.41, 5.74) is 2.10. The minimum absolute atomic E-state index is 0.101. The van der Waals surface area contributed by atoms with E-state index >= 15 is 0 Å². The van der Waals surface area contributed by atoms with E-state index < -0.39 is 5.41 Å². The highest BCUT2D eigenvalue weighted by Gasteiger charge is 2.57. The molecule has 0 radical (unpaired) electrons. The van der Waals surface area contributed by atoms with Gasteiger partial charge in [0.2, 0.25) is 11.8 Å². The lowest BCUT2D eigenvalue weighted by atomic mass is 10.0. The monoisotopic (exact) mass is 384 g/mol. The van der Waals surface area contributed by atoms with Gasteiger partial charge in [-0.2, -0.15) is 0 Å². The number of carbonyl (C=O) groups is 2. The van der Waals surface area contributed by atoms with Crippen molar-refractivity contribution in [2.75, 3.05) is 18.0 Å². The first-order valence-corrected chi connectivity index (χ1v) is 9.75. The lowest BCUT2D eigenvalue weighted by Crippen LogP contribution is -2.45. The Morgan fingerprint density at radius 1 is 1.15 bits per heavy atom. The number of aryl methyl sites for hydroxylation is 1. The highest BCUT2D eigenvalue weighted by Crippen LogP contribution is 2.48. The van der Waals surface area contributed by atoms with E-state index in [4.69, 9.17) is 11.6 Å². The van der Waals surface area contributed by atoms with Crippen molar-refractivity contribution in [3.05, 3.63) is 64.7 Å². The van der Waals surface area contributed by atoms with Gasteiger partial charge in [-0.3, -0.25) is 9.59 Å². The topological polar surface area (TPSA) is 49.4 Å². The average molecular weight is 385 g/mol. The third kappa shape index (κ3) is 4.33. The predicted octanol–water partition coefficient (Wildman–Crippen LogP) is 4.14. The zero-order chi connectivity index (χ0) is 19.4. The highest BCUT2D eigenvalue weighted by molar-refractivity contribution is 6.30. The van der Waals surface area contributed by atoms with Crippen molar-refractivity contribution < 1.29 is 9.59 Å². The van der Waals surface area contributed by atoms with Crippen LogP contribution >= 0.6 is 11.6 Å². The molecule has 0 heterocycles. The molecule has 142 valence electrons. The van der Waals surface area contributed by atoms with Crippen LogP contribution < -0.4 is 10.2 Å². The molecule has 3 rings (SSSR count). The molecule has 27 heavy (non-hydrogen) atoms. The molecular weight excluding hydrogens is 360 g/mol. The largest absolute Gasteiger partial charge is 0.355 e. The fraction of sp³-hybridized carbons (Fsp3) is 0.364. The van der Waals surface area contributed by atoms with Crippen LogP contribution in [0.3, 0.4) is 0 Å². The number of hydrogen-bond donors (Lipinski definition) is 1. The third-order valence-corrected chi connectivity index (χ3v) is 5.29. The lowest BCUT2D eigenvalue weighted by molar-refractivity contribution is -0.135. The second-order valence-corrected chi connectivity index (χ2v) is 7.54. The number of nitrogens with one attached hydrogen (secondary N) is 1. The SMILES string of the molecule is CCN(C(=O)C1(C(=O)NCCc2cccc(Cl)c2)CC1)c1cccc(C)c1. The van der Waals surface area contributed by atoms with E-state index in [1.165, 1.54) is 0 Å². The van der Waals surface area contributed by atoms with Gasteiger partial charge in [-0.1, -0.05) is 35.9 Å². The van der Waals surface area contributed by atoms with E-state index in [1.807, 2.05) is 62.4 Å². The summed E-state index contributed by atoms with van der Waals surface area (Å²) in [4.78, 5) is 27.6. The molecule has 1 aliphatic rings. The standard InChI is InChI=1S/C22H25ClN2O2/c1-3-25(19-9-4-6-16(2)14-19)21(27)22(11-12-22)20(26)24-13-10-17-7-5-8-18(23)15-17/h4-9,14-15H,3,10-13H2,1-2H3,(H,24,26).